The zero-order chi connectivity index (χ0) is 17.8. The van der Waals surface area contributed by atoms with E-state index in [0.29, 0.717) is 5.69 Å². The van der Waals surface area contributed by atoms with Gasteiger partial charge in [0.05, 0.1) is 17.9 Å². The van der Waals surface area contributed by atoms with E-state index in [-0.39, 0.29) is 18.2 Å². The maximum absolute atomic E-state index is 14.4. The summed E-state index contributed by atoms with van der Waals surface area (Å²) in [6.07, 6.45) is 7.28. The first-order valence-electron chi connectivity index (χ1n) is 8.23. The molecule has 3 aliphatic rings. The lowest BCUT2D eigenvalue weighted by molar-refractivity contribution is 0.432. The van der Waals surface area contributed by atoms with Gasteiger partial charge in [-0.2, -0.15) is 5.10 Å². The molecule has 2 atom stereocenters. The largest absolute Gasteiger partial charge is 0.383 e. The molecular weight excluding hydrogens is 341 g/mol. The van der Waals surface area contributed by atoms with E-state index in [1.807, 2.05) is 24.4 Å². The van der Waals surface area contributed by atoms with Gasteiger partial charge in [0.15, 0.2) is 11.6 Å². The predicted octanol–water partition coefficient (Wildman–Crippen LogP) is 2.87. The van der Waals surface area contributed by atoms with Crippen LogP contribution in [0.15, 0.2) is 47.8 Å². The minimum Gasteiger partial charge on any atom is -0.383 e. The lowest BCUT2D eigenvalue weighted by Gasteiger charge is -2.34. The number of hydrogen-bond donors (Lipinski definition) is 2. The van der Waals surface area contributed by atoms with E-state index in [0.717, 1.165) is 34.5 Å². The zero-order valence-corrected chi connectivity index (χ0v) is 13.4. The highest BCUT2D eigenvalue weighted by atomic mass is 19.2. The summed E-state index contributed by atoms with van der Waals surface area (Å²) in [4.78, 5) is 0. The third-order valence-corrected chi connectivity index (χ3v) is 5.09. The van der Waals surface area contributed by atoms with Crippen molar-refractivity contribution in [2.45, 2.75) is 12.0 Å². The number of aromatic nitrogens is 2. The van der Waals surface area contributed by atoms with Crippen molar-refractivity contribution in [3.8, 4) is 0 Å². The van der Waals surface area contributed by atoms with Gasteiger partial charge in [0.25, 0.3) is 0 Å². The second kappa shape index (κ2) is 5.45. The molecule has 0 radical (unpaired) electrons. The number of nitrogens with one attached hydrogen (secondary N) is 2. The number of hydrogen-bond acceptors (Lipinski definition) is 4. The molecule has 2 unspecified atom stereocenters. The Balaban J connectivity index is 1.68. The van der Waals surface area contributed by atoms with Crippen molar-refractivity contribution < 1.29 is 13.2 Å². The SMILES string of the molecule is Fc1ccc(F)c(C2CNC3=C4C(=CNC42)C=Cc2ccnnc23)c1F. The van der Waals surface area contributed by atoms with E-state index in [1.54, 1.807) is 6.20 Å². The van der Waals surface area contributed by atoms with Crippen LogP contribution in [0.5, 0.6) is 0 Å². The lowest BCUT2D eigenvalue weighted by atomic mass is 9.81. The highest BCUT2D eigenvalue weighted by Crippen LogP contribution is 2.42. The molecule has 0 saturated heterocycles. The Hall–Kier alpha value is -3.09. The Morgan fingerprint density at radius 1 is 1.04 bits per heavy atom. The molecule has 2 aliphatic heterocycles. The predicted molar refractivity (Wildman–Crippen MR) is 90.1 cm³/mol. The summed E-state index contributed by atoms with van der Waals surface area (Å²) >= 11 is 0. The quantitative estimate of drug-likeness (QED) is 0.774. The molecule has 130 valence electrons. The highest BCUT2D eigenvalue weighted by Gasteiger charge is 2.41. The third kappa shape index (κ3) is 2.03. The molecule has 5 rings (SSSR count). The van der Waals surface area contributed by atoms with Crippen LogP contribution in [0.3, 0.4) is 0 Å². The molecule has 7 heteroatoms. The minimum atomic E-state index is -1.14. The normalized spacial score (nSPS) is 22.8. The van der Waals surface area contributed by atoms with Crippen molar-refractivity contribution in [2.75, 3.05) is 6.54 Å². The van der Waals surface area contributed by atoms with E-state index in [2.05, 4.69) is 20.8 Å². The fourth-order valence-corrected chi connectivity index (χ4v) is 3.91. The van der Waals surface area contributed by atoms with Gasteiger partial charge in [-0.15, -0.1) is 5.10 Å². The van der Waals surface area contributed by atoms with Crippen molar-refractivity contribution in [3.05, 3.63) is 82.1 Å². The summed E-state index contributed by atoms with van der Waals surface area (Å²) in [7, 11) is 0. The number of rotatable bonds is 1. The zero-order valence-electron chi connectivity index (χ0n) is 13.4. The second-order valence-electron chi connectivity index (χ2n) is 6.45. The van der Waals surface area contributed by atoms with Gasteiger partial charge in [-0.05, 0) is 23.8 Å². The van der Waals surface area contributed by atoms with E-state index in [1.165, 1.54) is 0 Å². The molecular formula is C19H13F3N4. The first-order valence-corrected chi connectivity index (χ1v) is 8.23. The summed E-state index contributed by atoms with van der Waals surface area (Å²) < 4.78 is 42.4. The third-order valence-electron chi connectivity index (χ3n) is 5.09. The molecule has 26 heavy (non-hydrogen) atoms. The van der Waals surface area contributed by atoms with Gasteiger partial charge in [0.2, 0.25) is 0 Å². The van der Waals surface area contributed by atoms with Crippen LogP contribution < -0.4 is 10.6 Å². The molecule has 0 spiro atoms. The first kappa shape index (κ1) is 15.2. The topological polar surface area (TPSA) is 49.8 Å². The smallest absolute Gasteiger partial charge is 0.165 e. The van der Waals surface area contributed by atoms with Crippen molar-refractivity contribution in [1.82, 2.24) is 20.8 Å². The van der Waals surface area contributed by atoms with Gasteiger partial charge in [0, 0.05) is 35.4 Å². The van der Waals surface area contributed by atoms with Crippen molar-refractivity contribution >= 4 is 11.8 Å². The highest BCUT2D eigenvalue weighted by molar-refractivity contribution is 5.83. The molecule has 4 nitrogen and oxygen atoms in total. The molecule has 0 saturated carbocycles. The van der Waals surface area contributed by atoms with Gasteiger partial charge >= 0.3 is 0 Å². The fraction of sp³-hybridized carbons (Fsp3) is 0.158. The standard InChI is InChI=1S/C19H13F3N4/c20-12-3-4-13(21)16(22)15(12)11-8-24-19-14-10(7-23-18(11)14)2-1-9-5-6-25-26-17(9)19/h1-7,11,18,23-24H,8H2. The van der Waals surface area contributed by atoms with Crippen LogP contribution in [0.2, 0.25) is 0 Å². The number of allylic oxidation sites excluding steroid dienone is 1. The Morgan fingerprint density at radius 2 is 1.88 bits per heavy atom. The molecule has 0 fully saturated rings. The number of fused-ring (bicyclic) bond motifs is 2. The molecule has 3 heterocycles. The second-order valence-corrected chi connectivity index (χ2v) is 6.45. The van der Waals surface area contributed by atoms with Gasteiger partial charge in [-0.3, -0.25) is 0 Å². The van der Waals surface area contributed by atoms with Crippen molar-refractivity contribution in [3.63, 3.8) is 0 Å². The van der Waals surface area contributed by atoms with Crippen LogP contribution >= 0.6 is 0 Å². The van der Waals surface area contributed by atoms with Gasteiger partial charge in [-0.25, -0.2) is 13.2 Å². The van der Waals surface area contributed by atoms with Gasteiger partial charge in [-0.1, -0.05) is 12.2 Å². The Bertz CT molecular complexity index is 1030. The first-order chi connectivity index (χ1) is 12.6. The molecule has 1 aromatic heterocycles. The Morgan fingerprint density at radius 3 is 2.77 bits per heavy atom. The number of benzene rings is 1. The minimum absolute atomic E-state index is 0.241. The summed E-state index contributed by atoms with van der Waals surface area (Å²) in [6.45, 7) is 0.241. The Labute approximate surface area is 147 Å². The summed E-state index contributed by atoms with van der Waals surface area (Å²) in [5, 5.41) is 14.6. The number of nitrogens with zero attached hydrogens (tertiary/aromatic N) is 2. The maximum Gasteiger partial charge on any atom is 0.165 e. The van der Waals surface area contributed by atoms with Crippen molar-refractivity contribution in [2.24, 2.45) is 0 Å². The lowest BCUT2D eigenvalue weighted by Crippen LogP contribution is -2.42. The van der Waals surface area contributed by atoms with E-state index in [9.17, 15) is 13.2 Å². The molecule has 2 N–H and O–H groups in total. The van der Waals surface area contributed by atoms with Crippen molar-refractivity contribution in [1.29, 1.82) is 0 Å². The summed E-state index contributed by atoms with van der Waals surface area (Å²) in [5.74, 6) is -3.55. The maximum atomic E-state index is 14.4. The Kier molecular flexibility index (Phi) is 3.19. The number of halogens is 3. The van der Waals surface area contributed by atoms with E-state index in [4.69, 9.17) is 0 Å². The average Bonchev–Trinajstić information content (AvgIpc) is 3.01. The van der Waals surface area contributed by atoms with Gasteiger partial charge < -0.3 is 10.6 Å². The summed E-state index contributed by atoms with van der Waals surface area (Å²) in [6, 6.07) is 3.25. The molecule has 2 aromatic rings. The van der Waals surface area contributed by atoms with Crippen LogP contribution in [0, 0.1) is 17.5 Å². The van der Waals surface area contributed by atoms with Crippen LogP contribution in [0.1, 0.15) is 22.7 Å². The molecule has 0 amide bonds. The van der Waals surface area contributed by atoms with E-state index >= 15 is 0 Å². The van der Waals surface area contributed by atoms with E-state index < -0.39 is 23.4 Å². The molecule has 0 bridgehead atoms. The van der Waals surface area contributed by atoms with Crippen LogP contribution in [0.4, 0.5) is 13.2 Å². The van der Waals surface area contributed by atoms with Crippen LogP contribution in [0.25, 0.3) is 11.8 Å². The summed E-state index contributed by atoms with van der Waals surface area (Å²) in [5.41, 5.74) is 3.90. The molecule has 1 aliphatic carbocycles. The fourth-order valence-electron chi connectivity index (χ4n) is 3.91. The molecule has 1 aromatic carbocycles. The van der Waals surface area contributed by atoms with Crippen LogP contribution in [-0.4, -0.2) is 22.8 Å². The van der Waals surface area contributed by atoms with Gasteiger partial charge in [0.1, 0.15) is 11.5 Å². The monoisotopic (exact) mass is 354 g/mol. The average molecular weight is 354 g/mol. The van der Waals surface area contributed by atoms with Crippen LogP contribution in [-0.2, 0) is 0 Å².